The predicted octanol–water partition coefficient (Wildman–Crippen LogP) is 3.67. The Bertz CT molecular complexity index is 982. The molecule has 9 heteroatoms. The van der Waals surface area contributed by atoms with Crippen molar-refractivity contribution in [3.05, 3.63) is 81.3 Å². The quantitative estimate of drug-likeness (QED) is 0.319. The highest BCUT2D eigenvalue weighted by molar-refractivity contribution is 6.32. The maximum absolute atomic E-state index is 11.9. The van der Waals surface area contributed by atoms with Crippen molar-refractivity contribution >= 4 is 29.4 Å². The topological polar surface area (TPSA) is 111 Å². The average Bonchev–Trinajstić information content (AvgIpc) is 3.11. The molecule has 0 aliphatic rings. The molecule has 0 bridgehead atoms. The zero-order chi connectivity index (χ0) is 18.5. The van der Waals surface area contributed by atoms with Crippen LogP contribution in [0, 0.1) is 10.1 Å². The molecule has 1 amide bonds. The molecule has 1 N–H and O–H groups in total. The lowest BCUT2D eigenvalue weighted by Gasteiger charge is -2.00. The second kappa shape index (κ2) is 7.58. The number of pyridine rings is 1. The summed E-state index contributed by atoms with van der Waals surface area (Å²) in [6.07, 6.45) is 2.81. The van der Waals surface area contributed by atoms with E-state index in [2.05, 4.69) is 15.5 Å². The second-order valence-electron chi connectivity index (χ2n) is 5.05. The summed E-state index contributed by atoms with van der Waals surface area (Å²) < 4.78 is 5.57. The van der Waals surface area contributed by atoms with E-state index < -0.39 is 10.8 Å². The van der Waals surface area contributed by atoms with Crippen molar-refractivity contribution in [1.29, 1.82) is 0 Å². The van der Waals surface area contributed by atoms with E-state index in [4.69, 9.17) is 16.0 Å². The van der Waals surface area contributed by atoms with Crippen LogP contribution in [0.1, 0.15) is 16.1 Å². The Hall–Kier alpha value is -3.52. The van der Waals surface area contributed by atoms with Gasteiger partial charge in [0.2, 0.25) is 0 Å². The summed E-state index contributed by atoms with van der Waals surface area (Å²) in [5, 5.41) is 14.6. The fourth-order valence-corrected chi connectivity index (χ4v) is 2.30. The lowest BCUT2D eigenvalue weighted by molar-refractivity contribution is -0.384. The molecule has 8 nitrogen and oxygen atoms in total. The van der Waals surface area contributed by atoms with Crippen molar-refractivity contribution < 1.29 is 14.1 Å². The maximum Gasteiger partial charge on any atom is 0.274 e. The molecule has 26 heavy (non-hydrogen) atoms. The van der Waals surface area contributed by atoms with Gasteiger partial charge >= 0.3 is 0 Å². The van der Waals surface area contributed by atoms with Gasteiger partial charge in [-0.05, 0) is 36.4 Å². The van der Waals surface area contributed by atoms with Crippen LogP contribution in [-0.2, 0) is 0 Å². The molecule has 3 aromatic rings. The molecule has 2 aromatic heterocycles. The molecule has 3 rings (SSSR count). The van der Waals surface area contributed by atoms with Gasteiger partial charge in [0.15, 0.2) is 0 Å². The van der Waals surface area contributed by atoms with E-state index in [1.54, 1.807) is 30.3 Å². The SMILES string of the molecule is O=C(NN=Cc1ccc(-c2ccc([N+](=O)[O-])cc2)o1)c1cccnc1Cl. The van der Waals surface area contributed by atoms with Crippen molar-refractivity contribution in [2.45, 2.75) is 0 Å². The summed E-state index contributed by atoms with van der Waals surface area (Å²) >= 11 is 5.83. The van der Waals surface area contributed by atoms with E-state index in [-0.39, 0.29) is 16.4 Å². The van der Waals surface area contributed by atoms with Crippen LogP contribution in [-0.4, -0.2) is 22.0 Å². The fourth-order valence-electron chi connectivity index (χ4n) is 2.09. The Labute approximate surface area is 152 Å². The van der Waals surface area contributed by atoms with Gasteiger partial charge < -0.3 is 4.42 Å². The average molecular weight is 371 g/mol. The molecule has 0 saturated heterocycles. The van der Waals surface area contributed by atoms with Crippen molar-refractivity contribution in [2.24, 2.45) is 5.10 Å². The molecular weight excluding hydrogens is 360 g/mol. The van der Waals surface area contributed by atoms with Crippen molar-refractivity contribution in [3.63, 3.8) is 0 Å². The van der Waals surface area contributed by atoms with E-state index in [1.165, 1.54) is 30.6 Å². The first-order valence-corrected chi connectivity index (χ1v) is 7.71. The van der Waals surface area contributed by atoms with E-state index in [1.807, 2.05) is 0 Å². The molecule has 0 fully saturated rings. The Morgan fingerprint density at radius 1 is 1.23 bits per heavy atom. The zero-order valence-corrected chi connectivity index (χ0v) is 13.9. The number of hydrogen-bond donors (Lipinski definition) is 1. The third kappa shape index (κ3) is 3.93. The fraction of sp³-hybridized carbons (Fsp3) is 0. The highest BCUT2D eigenvalue weighted by Gasteiger charge is 2.10. The van der Waals surface area contributed by atoms with Crippen LogP contribution >= 0.6 is 11.6 Å². The molecule has 0 spiro atoms. The first-order chi connectivity index (χ1) is 12.5. The van der Waals surface area contributed by atoms with Crippen molar-refractivity contribution in [2.75, 3.05) is 0 Å². The number of non-ortho nitro benzene ring substituents is 1. The number of carbonyl (C=O) groups excluding carboxylic acids is 1. The molecule has 0 aliphatic carbocycles. The Morgan fingerprint density at radius 2 is 2.00 bits per heavy atom. The Morgan fingerprint density at radius 3 is 2.69 bits per heavy atom. The monoisotopic (exact) mass is 370 g/mol. The summed E-state index contributed by atoms with van der Waals surface area (Å²) in [5.74, 6) is 0.417. The van der Waals surface area contributed by atoms with Crippen LogP contribution in [0.2, 0.25) is 5.15 Å². The summed E-state index contributed by atoms with van der Waals surface area (Å²) in [5.41, 5.74) is 3.22. The number of carbonyl (C=O) groups is 1. The standard InChI is InChI=1S/C17H11ClN4O4/c18-16-14(2-1-9-19-16)17(23)21-20-10-13-7-8-15(26-13)11-3-5-12(6-4-11)22(24)25/h1-10H,(H,21,23). The van der Waals surface area contributed by atoms with Gasteiger partial charge in [0.1, 0.15) is 16.7 Å². The van der Waals surface area contributed by atoms with Crippen LogP contribution in [0.5, 0.6) is 0 Å². The minimum absolute atomic E-state index is 0.00105. The maximum atomic E-state index is 11.9. The van der Waals surface area contributed by atoms with Crippen molar-refractivity contribution in [3.8, 4) is 11.3 Å². The van der Waals surface area contributed by atoms with Gasteiger partial charge in [-0.25, -0.2) is 10.4 Å². The van der Waals surface area contributed by atoms with Gasteiger partial charge in [0.05, 0.1) is 16.7 Å². The van der Waals surface area contributed by atoms with E-state index >= 15 is 0 Å². The summed E-state index contributed by atoms with van der Waals surface area (Å²) in [6.45, 7) is 0. The van der Waals surface area contributed by atoms with Crippen molar-refractivity contribution in [1.82, 2.24) is 10.4 Å². The number of furan rings is 1. The van der Waals surface area contributed by atoms with Gasteiger partial charge in [-0.15, -0.1) is 0 Å². The van der Waals surface area contributed by atoms with Gasteiger partial charge in [0.25, 0.3) is 11.6 Å². The van der Waals surface area contributed by atoms with Gasteiger partial charge in [0, 0.05) is 23.9 Å². The largest absolute Gasteiger partial charge is 0.455 e. The molecule has 2 heterocycles. The number of nitro groups is 1. The van der Waals surface area contributed by atoms with Gasteiger partial charge in [-0.2, -0.15) is 5.10 Å². The van der Waals surface area contributed by atoms with Gasteiger partial charge in [-0.3, -0.25) is 14.9 Å². The number of benzene rings is 1. The van der Waals surface area contributed by atoms with E-state index in [0.717, 1.165) is 0 Å². The molecule has 1 aromatic carbocycles. The lowest BCUT2D eigenvalue weighted by atomic mass is 10.1. The molecule has 0 radical (unpaired) electrons. The third-order valence-electron chi connectivity index (χ3n) is 3.35. The molecule has 130 valence electrons. The van der Waals surface area contributed by atoms with Crippen LogP contribution in [0.25, 0.3) is 11.3 Å². The first-order valence-electron chi connectivity index (χ1n) is 7.33. The Kier molecular flexibility index (Phi) is 5.04. The normalized spacial score (nSPS) is 10.8. The number of hydrazone groups is 1. The summed E-state index contributed by atoms with van der Waals surface area (Å²) in [6, 6.07) is 12.4. The Balaban J connectivity index is 1.66. The summed E-state index contributed by atoms with van der Waals surface area (Å²) in [4.78, 5) is 25.9. The predicted molar refractivity (Wildman–Crippen MR) is 95.1 cm³/mol. The zero-order valence-electron chi connectivity index (χ0n) is 13.1. The first kappa shape index (κ1) is 17.3. The number of nitro benzene ring substituents is 1. The minimum Gasteiger partial charge on any atom is -0.455 e. The van der Waals surface area contributed by atoms with Crippen LogP contribution in [0.3, 0.4) is 0 Å². The van der Waals surface area contributed by atoms with E-state index in [9.17, 15) is 14.9 Å². The molecule has 0 aliphatic heterocycles. The van der Waals surface area contributed by atoms with Crippen LogP contribution in [0.4, 0.5) is 5.69 Å². The number of nitrogens with one attached hydrogen (secondary N) is 1. The molecule has 0 saturated carbocycles. The number of hydrogen-bond acceptors (Lipinski definition) is 6. The second-order valence-corrected chi connectivity index (χ2v) is 5.40. The number of halogens is 1. The highest BCUT2D eigenvalue weighted by atomic mass is 35.5. The number of amides is 1. The number of rotatable bonds is 5. The molecular formula is C17H11ClN4O4. The van der Waals surface area contributed by atoms with Crippen LogP contribution in [0.15, 0.2) is 64.2 Å². The minimum atomic E-state index is -0.499. The molecule has 0 atom stereocenters. The number of nitrogens with zero attached hydrogens (tertiary/aromatic N) is 3. The third-order valence-corrected chi connectivity index (χ3v) is 3.65. The summed E-state index contributed by atoms with van der Waals surface area (Å²) in [7, 11) is 0. The van der Waals surface area contributed by atoms with Gasteiger partial charge in [-0.1, -0.05) is 11.6 Å². The number of aromatic nitrogens is 1. The molecule has 0 unspecified atom stereocenters. The van der Waals surface area contributed by atoms with Crippen LogP contribution < -0.4 is 5.43 Å². The highest BCUT2D eigenvalue weighted by Crippen LogP contribution is 2.24. The van der Waals surface area contributed by atoms with E-state index in [0.29, 0.717) is 17.1 Å². The lowest BCUT2D eigenvalue weighted by Crippen LogP contribution is -2.18. The smallest absolute Gasteiger partial charge is 0.274 e.